The van der Waals surface area contributed by atoms with Gasteiger partial charge < -0.3 is 19.7 Å². The van der Waals surface area contributed by atoms with Gasteiger partial charge in [-0.05, 0) is 72.4 Å². The van der Waals surface area contributed by atoms with Crippen molar-refractivity contribution in [2.75, 3.05) is 31.3 Å². The van der Waals surface area contributed by atoms with E-state index in [2.05, 4.69) is 10.3 Å². The van der Waals surface area contributed by atoms with Crippen LogP contribution in [0.25, 0.3) is 0 Å². The quantitative estimate of drug-likeness (QED) is 0.670. The summed E-state index contributed by atoms with van der Waals surface area (Å²) in [5.74, 6) is 0.221. The molecule has 0 aromatic carbocycles. The van der Waals surface area contributed by atoms with E-state index in [0.717, 1.165) is 12.1 Å². The number of carbonyl (C=O) groups is 1. The molecule has 3 aliphatic heterocycles. The maximum Gasteiger partial charge on any atom is 0.247 e. The van der Waals surface area contributed by atoms with E-state index in [0.29, 0.717) is 51.4 Å². The Balaban J connectivity index is 1.61. The highest BCUT2D eigenvalue weighted by atomic mass is 32.2. The van der Waals surface area contributed by atoms with E-state index in [1.807, 2.05) is 39.5 Å². The summed E-state index contributed by atoms with van der Waals surface area (Å²) >= 11 is 0. The third-order valence-electron chi connectivity index (χ3n) is 7.03. The average Bonchev–Trinajstić information content (AvgIpc) is 3.24. The Labute approximate surface area is 203 Å². The van der Waals surface area contributed by atoms with Crippen LogP contribution in [0.4, 0.5) is 5.82 Å². The van der Waals surface area contributed by atoms with Crippen molar-refractivity contribution in [1.82, 2.24) is 14.6 Å². The molecule has 1 aromatic heterocycles. The fourth-order valence-electron chi connectivity index (χ4n) is 5.41. The number of carbonyl (C=O) groups excluding carboxylic acids is 1. The molecule has 3 aliphatic rings. The van der Waals surface area contributed by atoms with Crippen molar-refractivity contribution in [3.05, 3.63) is 17.8 Å². The first-order valence-corrected chi connectivity index (χ1v) is 13.7. The lowest BCUT2D eigenvalue weighted by Crippen LogP contribution is -2.53. The van der Waals surface area contributed by atoms with Crippen LogP contribution in [0, 0.1) is 6.92 Å². The van der Waals surface area contributed by atoms with Gasteiger partial charge in [0.2, 0.25) is 15.9 Å². The summed E-state index contributed by atoms with van der Waals surface area (Å²) in [4.78, 5) is 20.1. The number of aromatic nitrogens is 1. The van der Waals surface area contributed by atoms with Crippen molar-refractivity contribution in [1.29, 1.82) is 0 Å². The normalized spacial score (nSPS) is 30.3. The molecule has 3 fully saturated rings. The number of amides is 1. The van der Waals surface area contributed by atoms with Gasteiger partial charge in [0.1, 0.15) is 16.8 Å². The number of sulfonamides is 1. The zero-order valence-electron chi connectivity index (χ0n) is 20.9. The number of hydrogen-bond donors (Lipinski definition) is 1. The highest BCUT2D eigenvalue weighted by molar-refractivity contribution is 7.89. The fourth-order valence-corrected chi connectivity index (χ4v) is 7.19. The van der Waals surface area contributed by atoms with Gasteiger partial charge >= 0.3 is 0 Å². The summed E-state index contributed by atoms with van der Waals surface area (Å²) < 4.78 is 40.7. The number of aryl methyl sites for hydroxylation is 1. The first kappa shape index (κ1) is 25.3. The van der Waals surface area contributed by atoms with Crippen LogP contribution in [0.1, 0.15) is 59.1 Å². The second kappa shape index (κ2) is 9.72. The molecule has 1 amide bonds. The minimum Gasteiger partial charge on any atom is -0.377 e. The van der Waals surface area contributed by atoms with E-state index in [-0.39, 0.29) is 34.5 Å². The van der Waals surface area contributed by atoms with Crippen LogP contribution in [-0.4, -0.2) is 79.7 Å². The van der Waals surface area contributed by atoms with E-state index in [9.17, 15) is 13.2 Å². The number of rotatable bonds is 5. The molecule has 4 heterocycles. The van der Waals surface area contributed by atoms with Gasteiger partial charge in [-0.15, -0.1) is 0 Å². The fraction of sp³-hybridized carbons (Fsp3) is 0.750. The number of nitrogens with zero attached hydrogens (tertiary/aromatic N) is 3. The molecule has 190 valence electrons. The topological polar surface area (TPSA) is 101 Å². The van der Waals surface area contributed by atoms with Crippen molar-refractivity contribution >= 4 is 21.7 Å². The molecule has 9 nitrogen and oxygen atoms in total. The van der Waals surface area contributed by atoms with Gasteiger partial charge in [0.15, 0.2) is 0 Å². The summed E-state index contributed by atoms with van der Waals surface area (Å²) in [5, 5.41) is 3.10. The molecule has 10 heteroatoms. The molecule has 1 aromatic rings. The van der Waals surface area contributed by atoms with Crippen LogP contribution in [0.2, 0.25) is 0 Å². The molecule has 0 unspecified atom stereocenters. The lowest BCUT2D eigenvalue weighted by molar-refractivity contribution is -0.127. The maximum absolute atomic E-state index is 14.0. The van der Waals surface area contributed by atoms with Crippen molar-refractivity contribution in [2.24, 2.45) is 0 Å². The first-order chi connectivity index (χ1) is 16.0. The van der Waals surface area contributed by atoms with Gasteiger partial charge in [-0.25, -0.2) is 13.4 Å². The maximum atomic E-state index is 14.0. The van der Waals surface area contributed by atoms with E-state index < -0.39 is 16.1 Å². The van der Waals surface area contributed by atoms with Crippen LogP contribution in [0.15, 0.2) is 17.0 Å². The molecule has 0 spiro atoms. The Morgan fingerprint density at radius 2 is 1.88 bits per heavy atom. The Hall–Kier alpha value is -1.75. The number of pyridine rings is 1. The molecule has 0 radical (unpaired) electrons. The van der Waals surface area contributed by atoms with Crippen LogP contribution < -0.4 is 10.2 Å². The summed E-state index contributed by atoms with van der Waals surface area (Å²) in [6.07, 6.45) is 2.59. The standard InChI is InChI=1S/C24H38N4O5S/c1-16-8-9-21(22(25-16)28-17(2)14-32-15-18(28)3)34(30,31)27-11-6-7-20(27)23(29)26-19-10-12-33-24(4,5)13-19/h8-9,17-20H,6-7,10-15H2,1-5H3,(H,26,29)/t17-,18-,19-,20-/m0/s1. The third kappa shape index (κ3) is 5.10. The molecule has 0 saturated carbocycles. The highest BCUT2D eigenvalue weighted by Crippen LogP contribution is 2.34. The van der Waals surface area contributed by atoms with E-state index in [1.165, 1.54) is 4.31 Å². The lowest BCUT2D eigenvalue weighted by Gasteiger charge is -2.41. The second-order valence-corrected chi connectivity index (χ2v) is 12.4. The predicted molar refractivity (Wildman–Crippen MR) is 129 cm³/mol. The Bertz CT molecular complexity index is 1000. The lowest BCUT2D eigenvalue weighted by atomic mass is 9.93. The van der Waals surface area contributed by atoms with Gasteiger partial charge in [-0.1, -0.05) is 0 Å². The van der Waals surface area contributed by atoms with Gasteiger partial charge in [-0.3, -0.25) is 4.79 Å². The molecule has 1 N–H and O–H groups in total. The van der Waals surface area contributed by atoms with Crippen molar-refractivity contribution in [3.63, 3.8) is 0 Å². The predicted octanol–water partition coefficient (Wildman–Crippen LogP) is 2.23. The summed E-state index contributed by atoms with van der Waals surface area (Å²) in [6.45, 7) is 11.8. The molecule has 4 rings (SSSR count). The highest BCUT2D eigenvalue weighted by Gasteiger charge is 2.43. The van der Waals surface area contributed by atoms with Crippen molar-refractivity contribution in [2.45, 2.75) is 95.0 Å². The first-order valence-electron chi connectivity index (χ1n) is 12.3. The Morgan fingerprint density at radius 3 is 2.56 bits per heavy atom. The SMILES string of the molecule is Cc1ccc(S(=O)(=O)N2CCC[C@H]2C(=O)N[C@H]2CCOC(C)(C)C2)c(N2[C@@H](C)COC[C@@H]2C)n1. The number of morpholine rings is 1. The monoisotopic (exact) mass is 494 g/mol. The number of ether oxygens (including phenoxy) is 2. The van der Waals surface area contributed by atoms with Gasteiger partial charge in [0.25, 0.3) is 0 Å². The smallest absolute Gasteiger partial charge is 0.247 e. The molecule has 0 bridgehead atoms. The average molecular weight is 495 g/mol. The molecule has 3 saturated heterocycles. The third-order valence-corrected chi connectivity index (χ3v) is 8.96. The molecular weight excluding hydrogens is 456 g/mol. The molecular formula is C24H38N4O5S. The van der Waals surface area contributed by atoms with Crippen molar-refractivity contribution in [3.8, 4) is 0 Å². The minimum absolute atomic E-state index is 0.0125. The summed E-state index contributed by atoms with van der Waals surface area (Å²) in [7, 11) is -3.94. The van der Waals surface area contributed by atoms with Crippen LogP contribution in [0.5, 0.6) is 0 Å². The minimum atomic E-state index is -3.94. The van der Waals surface area contributed by atoms with Crippen LogP contribution >= 0.6 is 0 Å². The van der Waals surface area contributed by atoms with Crippen LogP contribution in [0.3, 0.4) is 0 Å². The van der Waals surface area contributed by atoms with Gasteiger partial charge in [0, 0.05) is 24.9 Å². The second-order valence-electron chi connectivity index (χ2n) is 10.5. The van der Waals surface area contributed by atoms with Gasteiger partial charge in [-0.2, -0.15) is 4.31 Å². The Morgan fingerprint density at radius 1 is 1.18 bits per heavy atom. The summed E-state index contributed by atoms with van der Waals surface area (Å²) in [6, 6.07) is 2.60. The Kier molecular flexibility index (Phi) is 7.24. The number of hydrogen-bond acceptors (Lipinski definition) is 7. The van der Waals surface area contributed by atoms with E-state index in [4.69, 9.17) is 9.47 Å². The van der Waals surface area contributed by atoms with Crippen LogP contribution in [-0.2, 0) is 24.3 Å². The number of anilines is 1. The van der Waals surface area contributed by atoms with E-state index in [1.54, 1.807) is 12.1 Å². The zero-order valence-corrected chi connectivity index (χ0v) is 21.7. The summed E-state index contributed by atoms with van der Waals surface area (Å²) in [5.41, 5.74) is 0.448. The molecule has 34 heavy (non-hydrogen) atoms. The zero-order chi connectivity index (χ0) is 24.7. The van der Waals surface area contributed by atoms with E-state index >= 15 is 0 Å². The molecule has 0 aliphatic carbocycles. The van der Waals surface area contributed by atoms with Gasteiger partial charge in [0.05, 0.1) is 30.9 Å². The molecule has 4 atom stereocenters. The van der Waals surface area contributed by atoms with Crippen molar-refractivity contribution < 1.29 is 22.7 Å². The number of nitrogens with one attached hydrogen (secondary N) is 1. The largest absolute Gasteiger partial charge is 0.377 e.